The summed E-state index contributed by atoms with van der Waals surface area (Å²) in [6.07, 6.45) is 1.78. The number of methoxy groups -OCH3 is 1. The minimum Gasteiger partial charge on any atom is -0.507 e. The predicted molar refractivity (Wildman–Crippen MR) is 102 cm³/mol. The lowest BCUT2D eigenvalue weighted by atomic mass is 10.2. The van der Waals surface area contributed by atoms with Crippen LogP contribution in [0.15, 0.2) is 65.2 Å². The third-order valence-corrected chi connectivity index (χ3v) is 4.28. The molecule has 0 spiro atoms. The molecule has 2 aromatic heterocycles. The van der Waals surface area contributed by atoms with Crippen LogP contribution in [0.1, 0.15) is 11.3 Å². The van der Waals surface area contributed by atoms with Crippen LogP contribution in [0.2, 0.25) is 0 Å². The molecule has 0 atom stereocenters. The molecule has 136 valence electrons. The summed E-state index contributed by atoms with van der Waals surface area (Å²) in [6, 6.07) is 16.6. The first-order valence-corrected chi connectivity index (χ1v) is 8.61. The van der Waals surface area contributed by atoms with E-state index in [1.54, 1.807) is 31.5 Å². The maximum atomic E-state index is 10.2. The second kappa shape index (κ2) is 7.47. The molecular weight excluding hydrogens is 342 g/mol. The Hall–Kier alpha value is -3.38. The highest BCUT2D eigenvalue weighted by Crippen LogP contribution is 2.34. The van der Waals surface area contributed by atoms with Crippen LogP contribution in [0.25, 0.3) is 22.6 Å². The molecular formula is C21H19N3O3. The van der Waals surface area contributed by atoms with Crippen LogP contribution in [0.5, 0.6) is 11.5 Å². The molecule has 0 bridgehead atoms. The molecule has 0 aliphatic rings. The van der Waals surface area contributed by atoms with E-state index in [1.807, 2.05) is 36.4 Å². The summed E-state index contributed by atoms with van der Waals surface area (Å²) in [5, 5.41) is 13.5. The van der Waals surface area contributed by atoms with Crippen LogP contribution >= 0.6 is 0 Å². The smallest absolute Gasteiger partial charge is 0.231 e. The van der Waals surface area contributed by atoms with E-state index in [4.69, 9.17) is 9.15 Å². The van der Waals surface area contributed by atoms with E-state index in [0.717, 1.165) is 16.8 Å². The van der Waals surface area contributed by atoms with Crippen molar-refractivity contribution in [2.75, 3.05) is 7.11 Å². The molecule has 0 aliphatic carbocycles. The highest BCUT2D eigenvalue weighted by molar-refractivity contribution is 5.80. The first kappa shape index (κ1) is 17.1. The average Bonchev–Trinajstić information content (AvgIpc) is 3.14. The Bertz CT molecular complexity index is 1060. The fraction of sp³-hybridized carbons (Fsp3) is 0.143. The van der Waals surface area contributed by atoms with Crippen molar-refractivity contribution >= 4 is 11.1 Å². The minimum atomic E-state index is 0.0946. The molecule has 2 aromatic carbocycles. The zero-order chi connectivity index (χ0) is 18.6. The number of nitrogens with zero attached hydrogens (tertiary/aromatic N) is 2. The van der Waals surface area contributed by atoms with Gasteiger partial charge >= 0.3 is 0 Å². The Morgan fingerprint density at radius 1 is 1.07 bits per heavy atom. The van der Waals surface area contributed by atoms with Crippen molar-refractivity contribution in [3.63, 3.8) is 0 Å². The number of aromatic nitrogens is 2. The van der Waals surface area contributed by atoms with Gasteiger partial charge in [0.25, 0.3) is 0 Å². The average molecular weight is 361 g/mol. The summed E-state index contributed by atoms with van der Waals surface area (Å²) >= 11 is 0. The number of para-hydroxylation sites is 1. The van der Waals surface area contributed by atoms with Gasteiger partial charge in [0.05, 0.1) is 18.4 Å². The summed E-state index contributed by atoms with van der Waals surface area (Å²) in [5.74, 6) is 1.08. The Kier molecular flexibility index (Phi) is 4.72. The molecule has 6 nitrogen and oxygen atoms in total. The van der Waals surface area contributed by atoms with Crippen molar-refractivity contribution in [1.82, 2.24) is 15.3 Å². The quantitative estimate of drug-likeness (QED) is 0.542. The van der Waals surface area contributed by atoms with Crippen LogP contribution in [-0.4, -0.2) is 22.2 Å². The largest absolute Gasteiger partial charge is 0.507 e. The van der Waals surface area contributed by atoms with E-state index in [2.05, 4.69) is 15.3 Å². The molecule has 4 aromatic rings. The van der Waals surface area contributed by atoms with Crippen molar-refractivity contribution in [2.45, 2.75) is 13.1 Å². The molecule has 27 heavy (non-hydrogen) atoms. The van der Waals surface area contributed by atoms with Gasteiger partial charge in [-0.05, 0) is 42.0 Å². The van der Waals surface area contributed by atoms with Crippen LogP contribution in [0, 0.1) is 0 Å². The first-order chi connectivity index (χ1) is 13.2. The molecule has 0 fully saturated rings. The monoisotopic (exact) mass is 361 g/mol. The Morgan fingerprint density at radius 3 is 2.81 bits per heavy atom. The Balaban J connectivity index is 1.60. The minimum absolute atomic E-state index is 0.0946. The van der Waals surface area contributed by atoms with E-state index in [9.17, 15) is 5.11 Å². The number of fused-ring (bicyclic) bond motifs is 1. The van der Waals surface area contributed by atoms with Crippen LogP contribution in [0.3, 0.4) is 0 Å². The van der Waals surface area contributed by atoms with Crippen LogP contribution in [0.4, 0.5) is 0 Å². The fourth-order valence-electron chi connectivity index (χ4n) is 2.90. The summed E-state index contributed by atoms with van der Waals surface area (Å²) in [7, 11) is 1.58. The molecule has 0 amide bonds. The first-order valence-electron chi connectivity index (χ1n) is 8.61. The van der Waals surface area contributed by atoms with Gasteiger partial charge in [0, 0.05) is 19.3 Å². The van der Waals surface area contributed by atoms with Gasteiger partial charge < -0.3 is 19.6 Å². The highest BCUT2D eigenvalue weighted by Gasteiger charge is 2.15. The summed E-state index contributed by atoms with van der Waals surface area (Å²) in [6.45, 7) is 1.29. The summed E-state index contributed by atoms with van der Waals surface area (Å²) in [4.78, 5) is 8.91. The van der Waals surface area contributed by atoms with Crippen molar-refractivity contribution in [3.8, 4) is 23.0 Å². The molecule has 2 heterocycles. The zero-order valence-electron chi connectivity index (χ0n) is 14.8. The van der Waals surface area contributed by atoms with Gasteiger partial charge in [-0.15, -0.1) is 0 Å². The molecule has 6 heteroatoms. The number of phenolic OH excluding ortho intramolecular Hbond substituents is 1. The van der Waals surface area contributed by atoms with Gasteiger partial charge in [-0.25, -0.2) is 4.98 Å². The maximum absolute atomic E-state index is 10.2. The van der Waals surface area contributed by atoms with Crippen LogP contribution in [-0.2, 0) is 13.1 Å². The van der Waals surface area contributed by atoms with E-state index < -0.39 is 0 Å². The van der Waals surface area contributed by atoms with Gasteiger partial charge in [-0.3, -0.25) is 4.98 Å². The summed E-state index contributed by atoms with van der Waals surface area (Å²) in [5.41, 5.74) is 3.93. The molecule has 0 aliphatic heterocycles. The number of hydrogen-bond donors (Lipinski definition) is 2. The predicted octanol–water partition coefficient (Wildman–Crippen LogP) is 3.89. The van der Waals surface area contributed by atoms with Crippen molar-refractivity contribution < 1.29 is 14.3 Å². The molecule has 0 radical (unpaired) electrons. The number of pyridine rings is 1. The van der Waals surface area contributed by atoms with Gasteiger partial charge in [0.15, 0.2) is 5.58 Å². The highest BCUT2D eigenvalue weighted by atomic mass is 16.5. The number of aromatic hydroxyl groups is 1. The summed E-state index contributed by atoms with van der Waals surface area (Å²) < 4.78 is 11.1. The lowest BCUT2D eigenvalue weighted by molar-refractivity contribution is 0.412. The molecule has 0 unspecified atom stereocenters. The SMILES string of the molecule is COc1ccc(O)c(-c2nc3c(CNCc4ccccn4)cccc3o2)c1. The lowest BCUT2D eigenvalue weighted by Gasteiger charge is -2.04. The molecule has 4 rings (SSSR count). The molecule has 0 saturated heterocycles. The normalized spacial score (nSPS) is 11.0. The Labute approximate surface area is 156 Å². The number of hydrogen-bond acceptors (Lipinski definition) is 6. The van der Waals surface area contributed by atoms with Gasteiger partial charge in [-0.1, -0.05) is 18.2 Å². The molecule has 2 N–H and O–H groups in total. The number of rotatable bonds is 6. The zero-order valence-corrected chi connectivity index (χ0v) is 14.8. The number of ether oxygens (including phenoxy) is 1. The van der Waals surface area contributed by atoms with Gasteiger partial charge in [0.1, 0.15) is 17.0 Å². The van der Waals surface area contributed by atoms with E-state index in [-0.39, 0.29) is 5.75 Å². The third-order valence-electron chi connectivity index (χ3n) is 4.28. The third kappa shape index (κ3) is 3.61. The Morgan fingerprint density at radius 2 is 2.00 bits per heavy atom. The van der Waals surface area contributed by atoms with Crippen molar-refractivity contribution in [1.29, 1.82) is 0 Å². The number of benzene rings is 2. The van der Waals surface area contributed by atoms with E-state index in [0.29, 0.717) is 35.9 Å². The van der Waals surface area contributed by atoms with E-state index in [1.165, 1.54) is 0 Å². The number of oxazole rings is 1. The van der Waals surface area contributed by atoms with Crippen molar-refractivity contribution in [2.24, 2.45) is 0 Å². The maximum Gasteiger partial charge on any atom is 0.231 e. The van der Waals surface area contributed by atoms with Gasteiger partial charge in [0.2, 0.25) is 5.89 Å². The topological polar surface area (TPSA) is 80.4 Å². The van der Waals surface area contributed by atoms with Gasteiger partial charge in [-0.2, -0.15) is 0 Å². The number of phenols is 1. The van der Waals surface area contributed by atoms with Crippen LogP contribution < -0.4 is 10.1 Å². The second-order valence-electron chi connectivity index (χ2n) is 6.09. The fourth-order valence-corrected chi connectivity index (χ4v) is 2.90. The standard InChI is InChI=1S/C21H19N3O3/c1-26-16-8-9-18(25)17(11-16)21-24-20-14(5-4-7-19(20)27-21)12-22-13-15-6-2-3-10-23-15/h2-11,22,25H,12-13H2,1H3. The number of nitrogens with one attached hydrogen (secondary N) is 1. The second-order valence-corrected chi connectivity index (χ2v) is 6.09. The van der Waals surface area contributed by atoms with E-state index >= 15 is 0 Å². The molecule has 0 saturated carbocycles. The lowest BCUT2D eigenvalue weighted by Crippen LogP contribution is -2.13. The van der Waals surface area contributed by atoms with Crippen molar-refractivity contribution in [3.05, 3.63) is 72.1 Å².